The minimum absolute atomic E-state index is 0.00394. The summed E-state index contributed by atoms with van der Waals surface area (Å²) in [4.78, 5) is 0. The van der Waals surface area contributed by atoms with Crippen LogP contribution in [0.15, 0.2) is 12.1 Å². The molecule has 1 aromatic carbocycles. The third-order valence-corrected chi connectivity index (χ3v) is 1.82. The maximum absolute atomic E-state index is 13.1. The summed E-state index contributed by atoms with van der Waals surface area (Å²) in [5.41, 5.74) is 0.908. The summed E-state index contributed by atoms with van der Waals surface area (Å²) in [5.74, 6) is -0.371. The predicted molar refractivity (Wildman–Crippen MR) is 53.8 cm³/mol. The molecule has 0 spiro atoms. The van der Waals surface area contributed by atoms with Crippen LogP contribution in [0.2, 0.25) is 0 Å². The van der Waals surface area contributed by atoms with E-state index < -0.39 is 0 Å². The molecule has 1 aromatic heterocycles. The van der Waals surface area contributed by atoms with Gasteiger partial charge in [0, 0.05) is 5.69 Å². The number of nitrogens with zero attached hydrogens (tertiary/aromatic N) is 1. The Kier molecular flexibility index (Phi) is 3.06. The van der Waals surface area contributed by atoms with Crippen LogP contribution in [0.1, 0.15) is 19.5 Å². The fourth-order valence-corrected chi connectivity index (χ4v) is 1.22. The molecular formula is C10H13FN2O. The van der Waals surface area contributed by atoms with Crippen LogP contribution in [-0.2, 0) is 0 Å². The minimum Gasteiger partial charge on any atom is -0.506 e. The number of phenolic OH excluding ortho intramolecular Hbond substituents is 1. The third-order valence-electron chi connectivity index (χ3n) is 1.82. The van der Waals surface area contributed by atoms with E-state index in [1.807, 2.05) is 13.8 Å². The number of benzene rings is 1. The number of phenols is 1. The molecule has 0 bridgehead atoms. The van der Waals surface area contributed by atoms with Gasteiger partial charge in [-0.25, -0.2) is 4.39 Å². The van der Waals surface area contributed by atoms with Crippen LogP contribution in [0.5, 0.6) is 5.75 Å². The van der Waals surface area contributed by atoms with E-state index in [1.165, 1.54) is 12.1 Å². The summed E-state index contributed by atoms with van der Waals surface area (Å²) < 4.78 is 13.1. The molecule has 2 N–H and O–H groups in total. The van der Waals surface area contributed by atoms with E-state index in [2.05, 4.69) is 10.2 Å². The number of aromatic hydroxyl groups is 1. The van der Waals surface area contributed by atoms with Crippen molar-refractivity contribution in [2.75, 3.05) is 0 Å². The zero-order valence-electron chi connectivity index (χ0n) is 8.43. The van der Waals surface area contributed by atoms with Crippen LogP contribution in [0, 0.1) is 12.7 Å². The molecule has 2 rings (SSSR count). The van der Waals surface area contributed by atoms with Crippen molar-refractivity contribution in [3.8, 4) is 5.75 Å². The quantitative estimate of drug-likeness (QED) is 0.680. The first-order chi connectivity index (χ1) is 6.70. The number of aromatic nitrogens is 2. The Hall–Kier alpha value is -1.58. The SMILES string of the molecule is CC.Cc1[nH]nc2c(O)ccc(F)c12. The van der Waals surface area contributed by atoms with E-state index in [1.54, 1.807) is 6.92 Å². The summed E-state index contributed by atoms with van der Waals surface area (Å²) in [6.45, 7) is 5.71. The summed E-state index contributed by atoms with van der Waals surface area (Å²) in [6.07, 6.45) is 0. The van der Waals surface area contributed by atoms with Gasteiger partial charge in [0.2, 0.25) is 0 Å². The number of rotatable bonds is 0. The van der Waals surface area contributed by atoms with Crippen LogP contribution in [0.25, 0.3) is 10.9 Å². The Morgan fingerprint density at radius 1 is 1.36 bits per heavy atom. The molecule has 0 amide bonds. The lowest BCUT2D eigenvalue weighted by Gasteiger charge is -1.94. The highest BCUT2D eigenvalue weighted by molar-refractivity contribution is 5.86. The zero-order chi connectivity index (χ0) is 10.7. The summed E-state index contributed by atoms with van der Waals surface area (Å²) in [5, 5.41) is 16.0. The number of aromatic amines is 1. The van der Waals surface area contributed by atoms with E-state index in [9.17, 15) is 9.50 Å². The zero-order valence-corrected chi connectivity index (χ0v) is 8.43. The van der Waals surface area contributed by atoms with Crippen molar-refractivity contribution in [3.05, 3.63) is 23.6 Å². The van der Waals surface area contributed by atoms with Gasteiger partial charge in [0.25, 0.3) is 0 Å². The molecule has 76 valence electrons. The highest BCUT2D eigenvalue weighted by Gasteiger charge is 2.09. The van der Waals surface area contributed by atoms with Gasteiger partial charge in [-0.1, -0.05) is 13.8 Å². The maximum atomic E-state index is 13.1. The van der Waals surface area contributed by atoms with Gasteiger partial charge in [0.05, 0.1) is 5.39 Å². The summed E-state index contributed by atoms with van der Waals surface area (Å²) >= 11 is 0. The summed E-state index contributed by atoms with van der Waals surface area (Å²) in [7, 11) is 0. The highest BCUT2D eigenvalue weighted by atomic mass is 19.1. The monoisotopic (exact) mass is 196 g/mol. The number of halogens is 1. The predicted octanol–water partition coefficient (Wildman–Crippen LogP) is 2.74. The Morgan fingerprint density at radius 2 is 2.00 bits per heavy atom. The van der Waals surface area contributed by atoms with Crippen molar-refractivity contribution >= 4 is 10.9 Å². The van der Waals surface area contributed by atoms with Gasteiger partial charge in [-0.05, 0) is 19.1 Å². The van der Waals surface area contributed by atoms with Crippen LogP contribution in [0.4, 0.5) is 4.39 Å². The molecule has 0 aliphatic carbocycles. The van der Waals surface area contributed by atoms with E-state index in [-0.39, 0.29) is 17.1 Å². The van der Waals surface area contributed by atoms with Crippen LogP contribution in [0.3, 0.4) is 0 Å². The lowest BCUT2D eigenvalue weighted by molar-refractivity contribution is 0.479. The second kappa shape index (κ2) is 4.09. The molecule has 0 aliphatic heterocycles. The van der Waals surface area contributed by atoms with Crippen molar-refractivity contribution < 1.29 is 9.50 Å². The smallest absolute Gasteiger partial charge is 0.143 e. The number of hydrogen-bond donors (Lipinski definition) is 2. The Labute approximate surface area is 81.6 Å². The minimum atomic E-state index is -0.367. The average molecular weight is 196 g/mol. The van der Waals surface area contributed by atoms with Gasteiger partial charge in [0.15, 0.2) is 0 Å². The van der Waals surface area contributed by atoms with Crippen molar-refractivity contribution in [1.29, 1.82) is 0 Å². The lowest BCUT2D eigenvalue weighted by atomic mass is 10.2. The lowest BCUT2D eigenvalue weighted by Crippen LogP contribution is -1.78. The molecule has 0 saturated heterocycles. The fraction of sp³-hybridized carbons (Fsp3) is 0.300. The fourth-order valence-electron chi connectivity index (χ4n) is 1.22. The first-order valence-electron chi connectivity index (χ1n) is 4.52. The molecular weight excluding hydrogens is 183 g/mol. The topological polar surface area (TPSA) is 48.9 Å². The van der Waals surface area contributed by atoms with Crippen molar-refractivity contribution in [1.82, 2.24) is 10.2 Å². The van der Waals surface area contributed by atoms with Crippen LogP contribution in [-0.4, -0.2) is 15.3 Å². The standard InChI is InChI=1S/C8H7FN2O.C2H6/c1-4-7-5(9)2-3-6(12)8(7)11-10-4;1-2/h2-3,12H,1H3,(H,10,11);1-2H3. The van der Waals surface area contributed by atoms with Crippen molar-refractivity contribution in [2.24, 2.45) is 0 Å². The van der Waals surface area contributed by atoms with Crippen LogP contribution < -0.4 is 0 Å². The largest absolute Gasteiger partial charge is 0.506 e. The van der Waals surface area contributed by atoms with E-state index in [4.69, 9.17) is 0 Å². The van der Waals surface area contributed by atoms with Gasteiger partial charge in [0.1, 0.15) is 17.1 Å². The third kappa shape index (κ3) is 1.55. The molecule has 14 heavy (non-hydrogen) atoms. The molecule has 2 aromatic rings. The molecule has 0 unspecified atom stereocenters. The molecule has 0 fully saturated rings. The van der Waals surface area contributed by atoms with Gasteiger partial charge in [-0.3, -0.25) is 5.10 Å². The number of hydrogen-bond acceptors (Lipinski definition) is 2. The normalized spacial score (nSPS) is 9.71. The highest BCUT2D eigenvalue weighted by Crippen LogP contribution is 2.26. The Bertz CT molecular complexity index is 437. The molecule has 0 radical (unpaired) electrons. The average Bonchev–Trinajstić information content (AvgIpc) is 2.59. The van der Waals surface area contributed by atoms with Gasteiger partial charge in [-0.2, -0.15) is 5.10 Å². The molecule has 0 aliphatic rings. The van der Waals surface area contributed by atoms with E-state index in [0.29, 0.717) is 11.1 Å². The van der Waals surface area contributed by atoms with E-state index in [0.717, 1.165) is 0 Å². The first kappa shape index (κ1) is 10.5. The first-order valence-corrected chi connectivity index (χ1v) is 4.52. The van der Waals surface area contributed by atoms with Gasteiger partial charge >= 0.3 is 0 Å². The van der Waals surface area contributed by atoms with Crippen molar-refractivity contribution in [3.63, 3.8) is 0 Å². The van der Waals surface area contributed by atoms with Crippen molar-refractivity contribution in [2.45, 2.75) is 20.8 Å². The van der Waals surface area contributed by atoms with Crippen LogP contribution >= 0.6 is 0 Å². The number of fused-ring (bicyclic) bond motifs is 1. The number of H-pyrrole nitrogens is 1. The van der Waals surface area contributed by atoms with Gasteiger partial charge < -0.3 is 5.11 Å². The second-order valence-electron chi connectivity index (χ2n) is 2.64. The van der Waals surface area contributed by atoms with E-state index >= 15 is 0 Å². The molecule has 4 heteroatoms. The molecule has 3 nitrogen and oxygen atoms in total. The second-order valence-corrected chi connectivity index (χ2v) is 2.64. The Balaban J connectivity index is 0.000000461. The number of aryl methyl sites for hydroxylation is 1. The molecule has 1 heterocycles. The Morgan fingerprint density at radius 3 is 2.57 bits per heavy atom. The maximum Gasteiger partial charge on any atom is 0.143 e. The molecule has 0 atom stereocenters. The number of nitrogens with one attached hydrogen (secondary N) is 1. The van der Waals surface area contributed by atoms with Gasteiger partial charge in [-0.15, -0.1) is 0 Å². The molecule has 0 saturated carbocycles. The summed E-state index contributed by atoms with van der Waals surface area (Å²) in [6, 6.07) is 2.51.